The number of anilines is 1. The first-order valence-electron chi connectivity index (χ1n) is 8.12. The highest BCUT2D eigenvalue weighted by molar-refractivity contribution is 6.10. The number of esters is 1. The second-order valence-corrected chi connectivity index (χ2v) is 5.56. The Bertz CT molecular complexity index is 959. The summed E-state index contributed by atoms with van der Waals surface area (Å²) in [6, 6.07) is 13.4. The number of rotatable bonds is 4. The fourth-order valence-corrected chi connectivity index (χ4v) is 2.54. The summed E-state index contributed by atoms with van der Waals surface area (Å²) in [5.41, 5.74) is 0.992. The molecule has 7 nitrogen and oxygen atoms in total. The Hall–Kier alpha value is -3.79. The molecule has 0 radical (unpaired) electrons. The molecule has 0 spiro atoms. The van der Waals surface area contributed by atoms with Gasteiger partial charge in [-0.15, -0.1) is 0 Å². The maximum atomic E-state index is 12.5. The standard InChI is InChI=1S/C20H16N2O5/c1-25-20(24)16-5-3-2-4-13(16)10-14(12-21)19(23)22-15-6-7-17-18(11-15)27-9-8-26-17/h2-7,10-11H,8-9H2,1H3,(H,22,23)/b14-10+. The van der Waals surface area contributed by atoms with Gasteiger partial charge in [0.1, 0.15) is 24.9 Å². The van der Waals surface area contributed by atoms with Crippen LogP contribution in [0.5, 0.6) is 11.5 Å². The van der Waals surface area contributed by atoms with Gasteiger partial charge >= 0.3 is 5.97 Å². The summed E-state index contributed by atoms with van der Waals surface area (Å²) in [4.78, 5) is 24.3. The first-order chi connectivity index (χ1) is 13.1. The number of carbonyl (C=O) groups is 2. The van der Waals surface area contributed by atoms with Crippen LogP contribution >= 0.6 is 0 Å². The highest BCUT2D eigenvalue weighted by Crippen LogP contribution is 2.32. The number of ether oxygens (including phenoxy) is 3. The number of methoxy groups -OCH3 is 1. The molecule has 3 rings (SSSR count). The maximum Gasteiger partial charge on any atom is 0.338 e. The number of fused-ring (bicyclic) bond motifs is 1. The first-order valence-corrected chi connectivity index (χ1v) is 8.12. The number of hydrogen-bond acceptors (Lipinski definition) is 6. The summed E-state index contributed by atoms with van der Waals surface area (Å²) in [5.74, 6) is -0.0277. The van der Waals surface area contributed by atoms with Gasteiger partial charge in [0, 0.05) is 11.8 Å². The number of nitriles is 1. The smallest absolute Gasteiger partial charge is 0.338 e. The highest BCUT2D eigenvalue weighted by Gasteiger charge is 2.16. The summed E-state index contributed by atoms with van der Waals surface area (Å²) in [6.07, 6.45) is 1.35. The molecule has 27 heavy (non-hydrogen) atoms. The van der Waals surface area contributed by atoms with Gasteiger partial charge in [-0.25, -0.2) is 4.79 Å². The Morgan fingerprint density at radius 2 is 1.89 bits per heavy atom. The Balaban J connectivity index is 1.84. The Morgan fingerprint density at radius 1 is 1.15 bits per heavy atom. The molecule has 0 unspecified atom stereocenters. The number of amides is 1. The second kappa shape index (κ2) is 8.06. The molecule has 0 bridgehead atoms. The minimum absolute atomic E-state index is 0.152. The lowest BCUT2D eigenvalue weighted by atomic mass is 10.0. The first kappa shape index (κ1) is 18.0. The van der Waals surface area contributed by atoms with Crippen LogP contribution < -0.4 is 14.8 Å². The normalized spacial score (nSPS) is 12.7. The van der Waals surface area contributed by atoms with Gasteiger partial charge in [-0.1, -0.05) is 18.2 Å². The Labute approximate surface area is 155 Å². The molecule has 1 aliphatic rings. The zero-order chi connectivity index (χ0) is 19.2. The monoisotopic (exact) mass is 364 g/mol. The average molecular weight is 364 g/mol. The summed E-state index contributed by atoms with van der Waals surface area (Å²) < 4.78 is 15.6. The van der Waals surface area contributed by atoms with Crippen LogP contribution in [0, 0.1) is 11.3 Å². The quantitative estimate of drug-likeness (QED) is 0.509. The van der Waals surface area contributed by atoms with Gasteiger partial charge in [0.15, 0.2) is 11.5 Å². The van der Waals surface area contributed by atoms with Crippen molar-refractivity contribution in [3.8, 4) is 17.6 Å². The van der Waals surface area contributed by atoms with Crippen LogP contribution in [0.15, 0.2) is 48.0 Å². The van der Waals surface area contributed by atoms with Gasteiger partial charge in [0.25, 0.3) is 5.91 Å². The number of benzene rings is 2. The van der Waals surface area contributed by atoms with E-state index in [9.17, 15) is 14.9 Å². The minimum atomic E-state index is -0.603. The summed E-state index contributed by atoms with van der Waals surface area (Å²) in [6.45, 7) is 0.900. The minimum Gasteiger partial charge on any atom is -0.486 e. The Morgan fingerprint density at radius 3 is 2.63 bits per heavy atom. The zero-order valence-electron chi connectivity index (χ0n) is 14.5. The molecule has 1 amide bonds. The molecule has 1 heterocycles. The van der Waals surface area contributed by atoms with Gasteiger partial charge in [0.2, 0.25) is 0 Å². The van der Waals surface area contributed by atoms with Crippen molar-refractivity contribution in [2.24, 2.45) is 0 Å². The average Bonchev–Trinajstić information content (AvgIpc) is 2.71. The molecule has 1 N–H and O–H groups in total. The predicted octanol–water partition coefficient (Wildman–Crippen LogP) is 2.79. The van der Waals surface area contributed by atoms with E-state index in [0.717, 1.165) is 0 Å². The van der Waals surface area contributed by atoms with Crippen LogP contribution in [-0.4, -0.2) is 32.2 Å². The van der Waals surface area contributed by atoms with Crippen LogP contribution in [0.25, 0.3) is 6.08 Å². The van der Waals surface area contributed by atoms with Gasteiger partial charge in [0.05, 0.1) is 12.7 Å². The predicted molar refractivity (Wildman–Crippen MR) is 97.4 cm³/mol. The van der Waals surface area contributed by atoms with E-state index in [1.54, 1.807) is 42.5 Å². The van der Waals surface area contributed by atoms with Crippen LogP contribution in [0.3, 0.4) is 0 Å². The van der Waals surface area contributed by atoms with E-state index in [4.69, 9.17) is 14.2 Å². The van der Waals surface area contributed by atoms with Crippen LogP contribution in [0.1, 0.15) is 15.9 Å². The van der Waals surface area contributed by atoms with Crippen molar-refractivity contribution in [2.45, 2.75) is 0 Å². The van der Waals surface area contributed by atoms with Crippen molar-refractivity contribution in [3.05, 3.63) is 59.2 Å². The van der Waals surface area contributed by atoms with E-state index < -0.39 is 11.9 Å². The van der Waals surface area contributed by atoms with Crippen LogP contribution in [-0.2, 0) is 9.53 Å². The van der Waals surface area contributed by atoms with Crippen LogP contribution in [0.4, 0.5) is 5.69 Å². The third-order valence-electron chi connectivity index (χ3n) is 3.83. The maximum absolute atomic E-state index is 12.5. The Kier molecular flexibility index (Phi) is 5.38. The summed E-state index contributed by atoms with van der Waals surface area (Å²) in [5, 5.41) is 12.0. The van der Waals surface area contributed by atoms with Crippen molar-refractivity contribution in [2.75, 3.05) is 25.6 Å². The molecule has 1 aliphatic heterocycles. The van der Waals surface area contributed by atoms with Gasteiger partial charge < -0.3 is 19.5 Å². The molecule has 0 aromatic heterocycles. The van der Waals surface area contributed by atoms with Crippen molar-refractivity contribution in [3.63, 3.8) is 0 Å². The van der Waals surface area contributed by atoms with E-state index in [2.05, 4.69) is 5.32 Å². The highest BCUT2D eigenvalue weighted by atomic mass is 16.6. The van der Waals surface area contributed by atoms with E-state index in [1.165, 1.54) is 13.2 Å². The molecule has 0 atom stereocenters. The number of hydrogen-bond donors (Lipinski definition) is 1. The summed E-state index contributed by atoms with van der Waals surface area (Å²) >= 11 is 0. The zero-order valence-corrected chi connectivity index (χ0v) is 14.5. The second-order valence-electron chi connectivity index (χ2n) is 5.56. The number of nitrogens with zero attached hydrogens (tertiary/aromatic N) is 1. The van der Waals surface area contributed by atoms with E-state index >= 15 is 0 Å². The molecule has 0 fully saturated rings. The summed E-state index contributed by atoms with van der Waals surface area (Å²) in [7, 11) is 1.27. The van der Waals surface area contributed by atoms with Gasteiger partial charge in [-0.3, -0.25) is 4.79 Å². The lowest BCUT2D eigenvalue weighted by Crippen LogP contribution is -2.17. The number of carbonyl (C=O) groups excluding carboxylic acids is 2. The van der Waals surface area contributed by atoms with E-state index in [-0.39, 0.29) is 11.1 Å². The molecule has 2 aromatic rings. The van der Waals surface area contributed by atoms with Gasteiger partial charge in [-0.05, 0) is 29.8 Å². The molecule has 2 aromatic carbocycles. The SMILES string of the molecule is COC(=O)c1ccccc1/C=C(\C#N)C(=O)Nc1ccc2c(c1)OCCO2. The van der Waals surface area contributed by atoms with Crippen molar-refractivity contribution >= 4 is 23.6 Å². The molecule has 0 saturated heterocycles. The molecular formula is C20H16N2O5. The fraction of sp³-hybridized carbons (Fsp3) is 0.150. The third-order valence-corrected chi connectivity index (χ3v) is 3.83. The van der Waals surface area contributed by atoms with Crippen molar-refractivity contribution in [1.29, 1.82) is 5.26 Å². The fourth-order valence-electron chi connectivity index (χ4n) is 2.54. The van der Waals surface area contributed by atoms with Crippen LogP contribution in [0.2, 0.25) is 0 Å². The van der Waals surface area contributed by atoms with E-state index in [1.807, 2.05) is 6.07 Å². The molecule has 0 saturated carbocycles. The van der Waals surface area contributed by atoms with Gasteiger partial charge in [-0.2, -0.15) is 5.26 Å². The molecule has 7 heteroatoms. The lowest BCUT2D eigenvalue weighted by molar-refractivity contribution is -0.112. The van der Waals surface area contributed by atoms with E-state index in [0.29, 0.717) is 36.0 Å². The molecular weight excluding hydrogens is 348 g/mol. The van der Waals surface area contributed by atoms with Crippen molar-refractivity contribution in [1.82, 2.24) is 0 Å². The number of nitrogens with one attached hydrogen (secondary N) is 1. The van der Waals surface area contributed by atoms with Crippen molar-refractivity contribution < 1.29 is 23.8 Å². The lowest BCUT2D eigenvalue weighted by Gasteiger charge is -2.18. The molecule has 136 valence electrons. The molecule has 0 aliphatic carbocycles. The third kappa shape index (κ3) is 4.07. The largest absolute Gasteiger partial charge is 0.486 e. The topological polar surface area (TPSA) is 97.7 Å².